The van der Waals surface area contributed by atoms with E-state index in [9.17, 15) is 0 Å². The summed E-state index contributed by atoms with van der Waals surface area (Å²) < 4.78 is 7.15. The topological polar surface area (TPSA) is 65.1 Å². The van der Waals surface area contributed by atoms with Crippen molar-refractivity contribution in [2.75, 3.05) is 11.9 Å². The molecule has 3 N–H and O–H groups in total. The van der Waals surface area contributed by atoms with Crippen molar-refractivity contribution in [2.24, 2.45) is 12.8 Å². The largest absolute Gasteiger partial charge is 0.494 e. The number of nitrogens with one attached hydrogen (secondary N) is 1. The van der Waals surface area contributed by atoms with Crippen LogP contribution < -0.4 is 15.8 Å². The summed E-state index contributed by atoms with van der Waals surface area (Å²) in [5.41, 5.74) is 8.28. The van der Waals surface area contributed by atoms with E-state index < -0.39 is 0 Å². The third kappa shape index (κ3) is 2.91. The molecule has 1 aromatic carbocycles. The van der Waals surface area contributed by atoms with E-state index in [0.29, 0.717) is 11.6 Å². The third-order valence-electron chi connectivity index (χ3n) is 2.90. The van der Waals surface area contributed by atoms with Crippen LogP contribution in [-0.2, 0) is 7.05 Å². The van der Waals surface area contributed by atoms with Gasteiger partial charge in [-0.15, -0.1) is 0 Å². The molecule has 5 nitrogen and oxygen atoms in total. The molecule has 1 heterocycles. The maximum atomic E-state index is 5.76. The summed E-state index contributed by atoms with van der Waals surface area (Å²) in [6.45, 7) is 4.50. The minimum Gasteiger partial charge on any atom is -0.494 e. The molecule has 0 fully saturated rings. The number of hydrogen-bond acceptors (Lipinski definition) is 4. The van der Waals surface area contributed by atoms with Crippen LogP contribution in [0.15, 0.2) is 24.3 Å². The van der Waals surface area contributed by atoms with Gasteiger partial charge in [-0.05, 0) is 38.1 Å². The fourth-order valence-corrected chi connectivity index (χ4v) is 2.28. The van der Waals surface area contributed by atoms with Crippen molar-refractivity contribution >= 4 is 28.7 Å². The van der Waals surface area contributed by atoms with E-state index in [4.69, 9.17) is 22.7 Å². The first-order valence-corrected chi connectivity index (χ1v) is 6.77. The zero-order valence-electron chi connectivity index (χ0n) is 11.8. The summed E-state index contributed by atoms with van der Waals surface area (Å²) in [5, 5.41) is 7.63. The van der Waals surface area contributed by atoms with Gasteiger partial charge in [-0.25, -0.2) is 0 Å². The first-order valence-electron chi connectivity index (χ1n) is 6.36. The Morgan fingerprint density at radius 2 is 2.05 bits per heavy atom. The highest BCUT2D eigenvalue weighted by atomic mass is 32.1. The van der Waals surface area contributed by atoms with Gasteiger partial charge in [0.15, 0.2) is 0 Å². The monoisotopic (exact) mass is 290 g/mol. The number of thiocarbonyl (C=S) groups is 1. The predicted octanol–water partition coefficient (Wildman–Crippen LogP) is 2.51. The summed E-state index contributed by atoms with van der Waals surface area (Å²) in [7, 11) is 1.85. The van der Waals surface area contributed by atoms with E-state index in [2.05, 4.69) is 10.4 Å². The molecule has 0 radical (unpaired) electrons. The second kappa shape index (κ2) is 5.92. The van der Waals surface area contributed by atoms with Crippen molar-refractivity contribution in [3.63, 3.8) is 0 Å². The Morgan fingerprint density at radius 1 is 1.40 bits per heavy atom. The zero-order chi connectivity index (χ0) is 14.7. The van der Waals surface area contributed by atoms with Gasteiger partial charge in [0.25, 0.3) is 0 Å². The Kier molecular flexibility index (Phi) is 4.24. The predicted molar refractivity (Wildman–Crippen MR) is 84.7 cm³/mol. The number of nitrogens with zero attached hydrogens (tertiary/aromatic N) is 2. The Labute approximate surface area is 123 Å². The summed E-state index contributed by atoms with van der Waals surface area (Å²) in [6, 6.07) is 7.71. The summed E-state index contributed by atoms with van der Waals surface area (Å²) in [6.07, 6.45) is 0. The Morgan fingerprint density at radius 3 is 2.60 bits per heavy atom. The van der Waals surface area contributed by atoms with Gasteiger partial charge < -0.3 is 15.8 Å². The SMILES string of the molecule is CCOc1ccc(Nc2c(C(N)=S)c(C)nn2C)cc1. The highest BCUT2D eigenvalue weighted by Gasteiger charge is 2.15. The standard InChI is InChI=1S/C14H18N4OS/c1-4-19-11-7-5-10(6-8-11)16-14-12(13(15)20)9(2)17-18(14)3/h5-8,16H,4H2,1-3H3,(H2,15,20). The minimum absolute atomic E-state index is 0.337. The molecule has 0 aliphatic carbocycles. The molecule has 0 bridgehead atoms. The van der Waals surface area contributed by atoms with Crippen LogP contribution >= 0.6 is 12.2 Å². The molecule has 0 aliphatic heterocycles. The number of rotatable bonds is 5. The van der Waals surface area contributed by atoms with Crippen molar-refractivity contribution in [1.82, 2.24) is 9.78 Å². The quantitative estimate of drug-likeness (QED) is 0.828. The molecule has 20 heavy (non-hydrogen) atoms. The van der Waals surface area contributed by atoms with E-state index >= 15 is 0 Å². The lowest BCUT2D eigenvalue weighted by atomic mass is 10.2. The molecule has 2 rings (SSSR count). The summed E-state index contributed by atoms with van der Waals surface area (Å²) in [4.78, 5) is 0.337. The fraction of sp³-hybridized carbons (Fsp3) is 0.286. The van der Waals surface area contributed by atoms with Gasteiger partial charge in [-0.1, -0.05) is 12.2 Å². The van der Waals surface area contributed by atoms with Gasteiger partial charge in [0.05, 0.1) is 17.9 Å². The first-order chi connectivity index (χ1) is 9.52. The maximum Gasteiger partial charge on any atom is 0.138 e. The molecular formula is C14H18N4OS. The lowest BCUT2D eigenvalue weighted by Crippen LogP contribution is -2.12. The van der Waals surface area contributed by atoms with Crippen LogP contribution in [0.25, 0.3) is 0 Å². The van der Waals surface area contributed by atoms with Crippen LogP contribution in [0.2, 0.25) is 0 Å². The number of aryl methyl sites for hydroxylation is 2. The van der Waals surface area contributed by atoms with Gasteiger partial charge in [0.1, 0.15) is 16.6 Å². The highest BCUT2D eigenvalue weighted by molar-refractivity contribution is 7.80. The summed E-state index contributed by atoms with van der Waals surface area (Å²) >= 11 is 5.09. The van der Waals surface area contributed by atoms with Gasteiger partial charge in [-0.2, -0.15) is 5.10 Å². The Hall–Kier alpha value is -2.08. The first kappa shape index (κ1) is 14.3. The summed E-state index contributed by atoms with van der Waals surface area (Å²) in [5.74, 6) is 1.63. The van der Waals surface area contributed by atoms with Crippen molar-refractivity contribution < 1.29 is 4.74 Å². The third-order valence-corrected chi connectivity index (χ3v) is 3.10. The average molecular weight is 290 g/mol. The van der Waals surface area contributed by atoms with Gasteiger partial charge in [0.2, 0.25) is 0 Å². The van der Waals surface area contributed by atoms with Crippen LogP contribution in [0, 0.1) is 6.92 Å². The second-order valence-corrected chi connectivity index (χ2v) is 4.82. The lowest BCUT2D eigenvalue weighted by Gasteiger charge is -2.10. The van der Waals surface area contributed by atoms with E-state index in [1.165, 1.54) is 0 Å². The molecule has 0 amide bonds. The van der Waals surface area contributed by atoms with Crippen LogP contribution in [0.4, 0.5) is 11.5 Å². The Bertz CT molecular complexity index is 619. The molecule has 0 spiro atoms. The van der Waals surface area contributed by atoms with E-state index in [1.54, 1.807) is 4.68 Å². The van der Waals surface area contributed by atoms with E-state index in [-0.39, 0.29) is 0 Å². The maximum absolute atomic E-state index is 5.76. The van der Waals surface area contributed by atoms with Crippen LogP contribution in [-0.4, -0.2) is 21.4 Å². The average Bonchev–Trinajstić information content (AvgIpc) is 2.67. The van der Waals surface area contributed by atoms with Gasteiger partial charge >= 0.3 is 0 Å². The van der Waals surface area contributed by atoms with Gasteiger partial charge in [-0.3, -0.25) is 4.68 Å². The molecule has 0 unspecified atom stereocenters. The number of nitrogens with two attached hydrogens (primary N) is 1. The van der Waals surface area contributed by atoms with Crippen LogP contribution in [0.1, 0.15) is 18.2 Å². The molecule has 1 aromatic heterocycles. The van der Waals surface area contributed by atoms with E-state index in [1.807, 2.05) is 45.2 Å². The van der Waals surface area contributed by atoms with Crippen LogP contribution in [0.5, 0.6) is 5.75 Å². The molecule has 2 aromatic rings. The number of benzene rings is 1. The van der Waals surface area contributed by atoms with E-state index in [0.717, 1.165) is 28.5 Å². The van der Waals surface area contributed by atoms with Crippen molar-refractivity contribution in [2.45, 2.75) is 13.8 Å². The highest BCUT2D eigenvalue weighted by Crippen LogP contribution is 2.24. The zero-order valence-corrected chi connectivity index (χ0v) is 12.6. The molecular weight excluding hydrogens is 272 g/mol. The van der Waals surface area contributed by atoms with Crippen molar-refractivity contribution in [3.8, 4) is 5.75 Å². The lowest BCUT2D eigenvalue weighted by molar-refractivity contribution is 0.340. The van der Waals surface area contributed by atoms with Crippen molar-refractivity contribution in [1.29, 1.82) is 0 Å². The number of anilines is 2. The normalized spacial score (nSPS) is 10.3. The number of aromatic nitrogens is 2. The minimum atomic E-state index is 0.337. The molecule has 0 aliphatic rings. The van der Waals surface area contributed by atoms with Gasteiger partial charge in [0, 0.05) is 12.7 Å². The number of ether oxygens (including phenoxy) is 1. The van der Waals surface area contributed by atoms with Crippen LogP contribution in [0.3, 0.4) is 0 Å². The Balaban J connectivity index is 2.28. The molecule has 6 heteroatoms. The molecule has 0 saturated heterocycles. The molecule has 0 atom stereocenters. The fourth-order valence-electron chi connectivity index (χ4n) is 2.03. The second-order valence-electron chi connectivity index (χ2n) is 4.38. The van der Waals surface area contributed by atoms with Crippen molar-refractivity contribution in [3.05, 3.63) is 35.5 Å². The number of hydrogen-bond donors (Lipinski definition) is 2. The molecule has 0 saturated carbocycles. The smallest absolute Gasteiger partial charge is 0.138 e. The molecule has 106 valence electrons.